The van der Waals surface area contributed by atoms with E-state index in [2.05, 4.69) is 15.9 Å². The van der Waals surface area contributed by atoms with Crippen molar-refractivity contribution in [3.8, 4) is 5.75 Å². The van der Waals surface area contributed by atoms with Gasteiger partial charge in [0, 0.05) is 11.5 Å². The monoisotopic (exact) mass is 425 g/mol. The third-order valence-electron chi connectivity index (χ3n) is 3.50. The fourth-order valence-corrected chi connectivity index (χ4v) is 3.35. The first kappa shape index (κ1) is 19.5. The van der Waals surface area contributed by atoms with Crippen LogP contribution in [-0.2, 0) is 14.8 Å². The van der Waals surface area contributed by atoms with Crippen LogP contribution in [0.4, 0.5) is 5.69 Å². The van der Waals surface area contributed by atoms with Crippen LogP contribution < -0.4 is 9.04 Å². The van der Waals surface area contributed by atoms with Gasteiger partial charge >= 0.3 is 5.97 Å². The Hall–Kier alpha value is -1.86. The van der Waals surface area contributed by atoms with Gasteiger partial charge in [-0.25, -0.2) is 8.42 Å². The van der Waals surface area contributed by atoms with E-state index in [1.165, 1.54) is 23.5 Å². The van der Waals surface area contributed by atoms with Gasteiger partial charge in [0.05, 0.1) is 16.0 Å². The Labute approximate surface area is 156 Å². The molecule has 0 radical (unpaired) electrons. The van der Waals surface area contributed by atoms with E-state index in [4.69, 9.17) is 4.74 Å². The molecule has 0 spiro atoms. The van der Waals surface area contributed by atoms with Gasteiger partial charge in [0.1, 0.15) is 5.75 Å². The van der Waals surface area contributed by atoms with Crippen molar-refractivity contribution >= 4 is 37.6 Å². The van der Waals surface area contributed by atoms with Crippen molar-refractivity contribution in [3.63, 3.8) is 0 Å². The molecule has 2 aromatic rings. The molecule has 0 heterocycles. The normalized spacial score (nSPS) is 11.9. The molecule has 0 aromatic heterocycles. The second kappa shape index (κ2) is 7.17. The molecule has 0 aliphatic carbocycles. The van der Waals surface area contributed by atoms with Crippen molar-refractivity contribution < 1.29 is 17.9 Å². The number of carbonyl (C=O) groups excluding carboxylic acids is 1. The molecule has 0 unspecified atom stereocenters. The molecule has 25 heavy (non-hydrogen) atoms. The molecule has 0 saturated carbocycles. The molecule has 0 saturated heterocycles. The van der Waals surface area contributed by atoms with E-state index in [1.807, 2.05) is 0 Å². The van der Waals surface area contributed by atoms with Crippen LogP contribution in [0.15, 0.2) is 57.9 Å². The standard InChI is InChI=1S/C18H20BrNO4S/c1-18(2,3)17(21)24-15-9-7-14(8-10-15)20(4)25(22,23)16-11-5-13(19)6-12-16/h5-12H,1-4H3. The first-order valence-corrected chi connectivity index (χ1v) is 9.82. The predicted molar refractivity (Wildman–Crippen MR) is 101 cm³/mol. The Balaban J connectivity index is 2.21. The van der Waals surface area contributed by atoms with Crippen molar-refractivity contribution in [2.45, 2.75) is 25.7 Å². The second-order valence-electron chi connectivity index (χ2n) is 6.56. The van der Waals surface area contributed by atoms with Crippen LogP contribution in [0.5, 0.6) is 5.75 Å². The van der Waals surface area contributed by atoms with Crippen LogP contribution in [0.2, 0.25) is 0 Å². The molecule has 0 fully saturated rings. The molecule has 0 aliphatic rings. The third-order valence-corrected chi connectivity index (χ3v) is 5.82. The van der Waals surface area contributed by atoms with Crippen LogP contribution in [0.1, 0.15) is 20.8 Å². The van der Waals surface area contributed by atoms with Crippen molar-refractivity contribution in [3.05, 3.63) is 53.0 Å². The molecule has 2 rings (SSSR count). The Kier molecular flexibility index (Phi) is 5.58. The number of halogens is 1. The van der Waals surface area contributed by atoms with Crippen LogP contribution in [0.25, 0.3) is 0 Å². The maximum Gasteiger partial charge on any atom is 0.316 e. The van der Waals surface area contributed by atoms with Gasteiger partial charge in [-0.3, -0.25) is 9.10 Å². The number of ether oxygens (including phenoxy) is 1. The Morgan fingerprint density at radius 3 is 2.00 bits per heavy atom. The minimum absolute atomic E-state index is 0.196. The highest BCUT2D eigenvalue weighted by Gasteiger charge is 2.24. The highest BCUT2D eigenvalue weighted by Crippen LogP contribution is 2.26. The summed E-state index contributed by atoms with van der Waals surface area (Å²) in [5.41, 5.74) is -0.140. The summed E-state index contributed by atoms with van der Waals surface area (Å²) in [5, 5.41) is 0. The Morgan fingerprint density at radius 2 is 1.52 bits per heavy atom. The number of esters is 1. The summed E-state index contributed by atoms with van der Waals surface area (Å²) in [4.78, 5) is 12.1. The van der Waals surface area contributed by atoms with E-state index < -0.39 is 15.4 Å². The lowest BCUT2D eigenvalue weighted by atomic mass is 9.97. The molecule has 0 aliphatic heterocycles. The summed E-state index contributed by atoms with van der Waals surface area (Å²) in [6.07, 6.45) is 0. The molecule has 0 bridgehead atoms. The van der Waals surface area contributed by atoms with Gasteiger partial charge in [-0.15, -0.1) is 0 Å². The second-order valence-corrected chi connectivity index (χ2v) is 9.44. The van der Waals surface area contributed by atoms with Gasteiger partial charge in [-0.2, -0.15) is 0 Å². The van der Waals surface area contributed by atoms with E-state index in [9.17, 15) is 13.2 Å². The zero-order chi connectivity index (χ0) is 18.8. The summed E-state index contributed by atoms with van der Waals surface area (Å²) in [6, 6.07) is 12.8. The molecule has 134 valence electrons. The molecule has 2 aromatic carbocycles. The first-order chi connectivity index (χ1) is 11.5. The van der Waals surface area contributed by atoms with Crippen LogP contribution >= 0.6 is 15.9 Å². The van der Waals surface area contributed by atoms with Crippen LogP contribution in [-0.4, -0.2) is 21.4 Å². The molecule has 0 atom stereocenters. The molecule has 5 nitrogen and oxygen atoms in total. The highest BCUT2D eigenvalue weighted by atomic mass is 79.9. The average Bonchev–Trinajstić information content (AvgIpc) is 2.54. The molecular weight excluding hydrogens is 406 g/mol. The zero-order valence-electron chi connectivity index (χ0n) is 14.5. The molecule has 0 amide bonds. The molecular formula is C18H20BrNO4S. The maximum absolute atomic E-state index is 12.7. The number of anilines is 1. The Bertz CT molecular complexity index is 853. The fourth-order valence-electron chi connectivity index (χ4n) is 1.89. The quantitative estimate of drug-likeness (QED) is 0.543. The van der Waals surface area contributed by atoms with Gasteiger partial charge in [0.15, 0.2) is 0 Å². The van der Waals surface area contributed by atoms with Crippen molar-refractivity contribution in [2.24, 2.45) is 5.41 Å². The number of nitrogens with zero attached hydrogens (tertiary/aromatic N) is 1. The number of hydrogen-bond acceptors (Lipinski definition) is 4. The minimum atomic E-state index is -3.66. The largest absolute Gasteiger partial charge is 0.426 e. The number of rotatable bonds is 4. The van der Waals surface area contributed by atoms with E-state index in [0.717, 1.165) is 4.47 Å². The number of benzene rings is 2. The van der Waals surface area contributed by atoms with Gasteiger partial charge < -0.3 is 4.74 Å². The summed E-state index contributed by atoms with van der Waals surface area (Å²) in [7, 11) is -2.18. The van der Waals surface area contributed by atoms with E-state index in [0.29, 0.717) is 11.4 Å². The average molecular weight is 426 g/mol. The third kappa shape index (κ3) is 4.61. The summed E-state index contributed by atoms with van der Waals surface area (Å²) in [5.74, 6) is 0.0224. The van der Waals surface area contributed by atoms with E-state index in [-0.39, 0.29) is 10.9 Å². The number of carbonyl (C=O) groups is 1. The number of sulfonamides is 1. The van der Waals surface area contributed by atoms with Crippen LogP contribution in [0, 0.1) is 5.41 Å². The lowest BCUT2D eigenvalue weighted by Crippen LogP contribution is -2.27. The molecule has 7 heteroatoms. The minimum Gasteiger partial charge on any atom is -0.426 e. The van der Waals surface area contributed by atoms with Crippen LogP contribution in [0.3, 0.4) is 0 Å². The van der Waals surface area contributed by atoms with Gasteiger partial charge in [0.25, 0.3) is 10.0 Å². The number of hydrogen-bond donors (Lipinski definition) is 0. The van der Waals surface area contributed by atoms with Gasteiger partial charge in [0.2, 0.25) is 0 Å². The smallest absolute Gasteiger partial charge is 0.316 e. The van der Waals surface area contributed by atoms with Gasteiger partial charge in [-0.1, -0.05) is 15.9 Å². The van der Waals surface area contributed by atoms with E-state index in [1.54, 1.807) is 57.2 Å². The van der Waals surface area contributed by atoms with Crippen molar-refractivity contribution in [1.82, 2.24) is 0 Å². The summed E-state index contributed by atoms with van der Waals surface area (Å²) in [6.45, 7) is 5.30. The lowest BCUT2D eigenvalue weighted by Gasteiger charge is -2.20. The predicted octanol–water partition coefficient (Wildman–Crippen LogP) is 4.23. The maximum atomic E-state index is 12.7. The topological polar surface area (TPSA) is 63.7 Å². The summed E-state index contributed by atoms with van der Waals surface area (Å²) < 4.78 is 32.6. The van der Waals surface area contributed by atoms with Crippen molar-refractivity contribution in [1.29, 1.82) is 0 Å². The fraction of sp³-hybridized carbons (Fsp3) is 0.278. The lowest BCUT2D eigenvalue weighted by molar-refractivity contribution is -0.142. The zero-order valence-corrected chi connectivity index (χ0v) is 16.9. The van der Waals surface area contributed by atoms with Crippen molar-refractivity contribution in [2.75, 3.05) is 11.4 Å². The summed E-state index contributed by atoms with van der Waals surface area (Å²) >= 11 is 3.29. The SMILES string of the molecule is CN(c1ccc(OC(=O)C(C)(C)C)cc1)S(=O)(=O)c1ccc(Br)cc1. The highest BCUT2D eigenvalue weighted by molar-refractivity contribution is 9.10. The first-order valence-electron chi connectivity index (χ1n) is 7.58. The van der Waals surface area contributed by atoms with Gasteiger partial charge in [-0.05, 0) is 69.3 Å². The van der Waals surface area contributed by atoms with E-state index >= 15 is 0 Å². The Morgan fingerprint density at radius 1 is 1.00 bits per heavy atom. The molecule has 0 N–H and O–H groups in total.